The topological polar surface area (TPSA) is 126 Å². The van der Waals surface area contributed by atoms with E-state index in [4.69, 9.17) is 0 Å². The number of hydrogen-bond acceptors (Lipinski definition) is 6. The number of halogens is 1. The molecule has 0 saturated carbocycles. The van der Waals surface area contributed by atoms with Gasteiger partial charge in [-0.25, -0.2) is 4.39 Å². The van der Waals surface area contributed by atoms with Gasteiger partial charge in [-0.05, 0) is 42.7 Å². The summed E-state index contributed by atoms with van der Waals surface area (Å²) in [7, 11) is 0. The molecule has 160 valence electrons. The van der Waals surface area contributed by atoms with Gasteiger partial charge in [-0.1, -0.05) is 6.08 Å². The van der Waals surface area contributed by atoms with E-state index in [-0.39, 0.29) is 34.9 Å². The highest BCUT2D eigenvalue weighted by molar-refractivity contribution is 5.93. The van der Waals surface area contributed by atoms with E-state index in [1.54, 1.807) is 17.2 Å². The van der Waals surface area contributed by atoms with E-state index in [2.05, 4.69) is 4.98 Å². The highest BCUT2D eigenvalue weighted by atomic mass is 19.1. The maximum Gasteiger partial charge on any atom is 0.302 e. The normalized spacial score (nSPS) is 14.0. The molecule has 0 aliphatic carbocycles. The van der Waals surface area contributed by atoms with Crippen molar-refractivity contribution in [2.75, 3.05) is 18.0 Å². The molecule has 31 heavy (non-hydrogen) atoms. The van der Waals surface area contributed by atoms with Crippen molar-refractivity contribution in [2.24, 2.45) is 0 Å². The van der Waals surface area contributed by atoms with E-state index in [0.29, 0.717) is 18.5 Å². The average Bonchev–Trinajstić information content (AvgIpc) is 3.16. The van der Waals surface area contributed by atoms with Gasteiger partial charge in [0.1, 0.15) is 5.82 Å². The summed E-state index contributed by atoms with van der Waals surface area (Å²) in [4.78, 5) is 26.8. The Morgan fingerprint density at radius 2 is 2.00 bits per heavy atom. The van der Waals surface area contributed by atoms with Gasteiger partial charge in [-0.2, -0.15) is 0 Å². The highest BCUT2D eigenvalue weighted by Crippen LogP contribution is 2.43. The van der Waals surface area contributed by atoms with E-state index in [1.807, 2.05) is 6.08 Å². The summed E-state index contributed by atoms with van der Waals surface area (Å²) in [5.74, 6) is -0.342. The Labute approximate surface area is 175 Å². The molecule has 10 heteroatoms. The first-order valence-corrected chi connectivity index (χ1v) is 9.59. The van der Waals surface area contributed by atoms with Crippen LogP contribution in [0.25, 0.3) is 16.5 Å². The molecule has 1 aromatic heterocycles. The molecule has 0 unspecified atom stereocenters. The van der Waals surface area contributed by atoms with Crippen LogP contribution in [0.1, 0.15) is 23.1 Å². The molecule has 0 saturated heterocycles. The third kappa shape index (κ3) is 3.50. The second kappa shape index (κ2) is 7.80. The highest BCUT2D eigenvalue weighted by Gasteiger charge is 2.34. The average molecular weight is 426 g/mol. The van der Waals surface area contributed by atoms with Crippen LogP contribution in [0.3, 0.4) is 0 Å². The lowest BCUT2D eigenvalue weighted by Gasteiger charge is -2.28. The molecule has 0 spiro atoms. The van der Waals surface area contributed by atoms with Gasteiger partial charge < -0.3 is 15.0 Å². The number of benzene rings is 2. The quantitative estimate of drug-likeness (QED) is 0.465. The molecular weight excluding hydrogens is 407 g/mol. The second-order valence-corrected chi connectivity index (χ2v) is 7.37. The first kappa shape index (κ1) is 20.5. The lowest BCUT2D eigenvalue weighted by molar-refractivity contribution is -0.393. The Morgan fingerprint density at radius 3 is 2.61 bits per heavy atom. The number of hydrogen-bond donors (Lipinski definition) is 2. The molecular formula is C21H19FN4O5. The number of aliphatic hydroxyl groups excluding tert-OH is 1. The third-order valence-electron chi connectivity index (χ3n) is 5.68. The van der Waals surface area contributed by atoms with Crippen molar-refractivity contribution < 1.29 is 19.3 Å². The molecule has 0 bridgehead atoms. The fourth-order valence-electron chi connectivity index (χ4n) is 4.11. The number of anilines is 1. The van der Waals surface area contributed by atoms with Crippen LogP contribution in [0.15, 0.2) is 36.5 Å². The number of nitro benzene ring substituents is 2. The monoisotopic (exact) mass is 426 g/mol. The number of nitro groups is 2. The molecule has 1 aliphatic rings. The zero-order chi connectivity index (χ0) is 22.3. The molecule has 0 radical (unpaired) electrons. The van der Waals surface area contributed by atoms with Gasteiger partial charge in [-0.3, -0.25) is 20.2 Å². The summed E-state index contributed by atoms with van der Waals surface area (Å²) in [6.45, 7) is 1.52. The predicted octanol–water partition coefficient (Wildman–Crippen LogP) is 4.22. The fourth-order valence-corrected chi connectivity index (χ4v) is 4.11. The number of H-pyrrole nitrogens is 1. The zero-order valence-electron chi connectivity index (χ0n) is 16.6. The molecule has 2 heterocycles. The van der Waals surface area contributed by atoms with Crippen molar-refractivity contribution in [3.05, 3.63) is 79.3 Å². The third-order valence-corrected chi connectivity index (χ3v) is 5.68. The Balaban J connectivity index is 1.75. The first-order chi connectivity index (χ1) is 14.8. The van der Waals surface area contributed by atoms with Gasteiger partial charge in [0.2, 0.25) is 0 Å². The number of aliphatic hydroxyl groups is 1. The van der Waals surface area contributed by atoms with Crippen LogP contribution >= 0.6 is 0 Å². The van der Waals surface area contributed by atoms with Crippen LogP contribution in [0.2, 0.25) is 0 Å². The largest absolute Gasteiger partial charge is 0.392 e. The molecule has 9 nitrogen and oxygen atoms in total. The van der Waals surface area contributed by atoms with E-state index in [9.17, 15) is 29.7 Å². The zero-order valence-corrected chi connectivity index (χ0v) is 16.6. The molecule has 0 atom stereocenters. The van der Waals surface area contributed by atoms with E-state index in [0.717, 1.165) is 16.5 Å². The molecule has 2 aromatic carbocycles. The number of aromatic nitrogens is 1. The summed E-state index contributed by atoms with van der Waals surface area (Å²) in [6.07, 6.45) is 4.16. The SMILES string of the molecule is Cc1c(CO)cc([N+](=O)[O-])c(N2CC=C(c3c[nH]c4cc(F)ccc34)CC2)c1[N+](=O)[O-]. The molecule has 1 aliphatic heterocycles. The van der Waals surface area contributed by atoms with Crippen molar-refractivity contribution in [2.45, 2.75) is 20.0 Å². The molecule has 4 rings (SSSR count). The summed E-state index contributed by atoms with van der Waals surface area (Å²) in [6, 6.07) is 5.68. The smallest absolute Gasteiger partial charge is 0.302 e. The molecule has 2 N–H and O–H groups in total. The Kier molecular flexibility index (Phi) is 5.15. The number of nitrogens with one attached hydrogen (secondary N) is 1. The van der Waals surface area contributed by atoms with Gasteiger partial charge in [-0.15, -0.1) is 0 Å². The molecule has 0 fully saturated rings. The minimum atomic E-state index is -0.658. The van der Waals surface area contributed by atoms with Crippen molar-refractivity contribution in [1.29, 1.82) is 0 Å². The Morgan fingerprint density at radius 1 is 1.23 bits per heavy atom. The van der Waals surface area contributed by atoms with E-state index >= 15 is 0 Å². The van der Waals surface area contributed by atoms with Gasteiger partial charge in [0.25, 0.3) is 5.69 Å². The van der Waals surface area contributed by atoms with Crippen LogP contribution in [-0.4, -0.2) is 33.0 Å². The van der Waals surface area contributed by atoms with Gasteiger partial charge in [0, 0.05) is 47.4 Å². The predicted molar refractivity (Wildman–Crippen MR) is 113 cm³/mol. The van der Waals surface area contributed by atoms with Crippen molar-refractivity contribution in [3.63, 3.8) is 0 Å². The second-order valence-electron chi connectivity index (χ2n) is 7.37. The lowest BCUT2D eigenvalue weighted by Crippen LogP contribution is -2.30. The van der Waals surface area contributed by atoms with Crippen molar-refractivity contribution >= 4 is 33.5 Å². The van der Waals surface area contributed by atoms with Crippen LogP contribution in [0, 0.1) is 33.0 Å². The summed E-state index contributed by atoms with van der Waals surface area (Å²) >= 11 is 0. The van der Waals surface area contributed by atoms with Crippen molar-refractivity contribution in [3.8, 4) is 0 Å². The number of fused-ring (bicyclic) bond motifs is 1. The number of aromatic amines is 1. The van der Waals surface area contributed by atoms with E-state index < -0.39 is 22.1 Å². The van der Waals surface area contributed by atoms with Gasteiger partial charge >= 0.3 is 5.69 Å². The minimum absolute atomic E-state index is 0.0546. The van der Waals surface area contributed by atoms with Crippen molar-refractivity contribution in [1.82, 2.24) is 4.98 Å². The number of nitrogens with zero attached hydrogens (tertiary/aromatic N) is 3. The van der Waals surface area contributed by atoms with Gasteiger partial charge in [0.15, 0.2) is 5.69 Å². The van der Waals surface area contributed by atoms with Crippen LogP contribution in [0.5, 0.6) is 0 Å². The summed E-state index contributed by atoms with van der Waals surface area (Å²) in [5, 5.41) is 33.8. The number of rotatable bonds is 5. The maximum absolute atomic E-state index is 13.5. The van der Waals surface area contributed by atoms with E-state index in [1.165, 1.54) is 25.1 Å². The summed E-state index contributed by atoms with van der Waals surface area (Å²) < 4.78 is 13.5. The first-order valence-electron chi connectivity index (χ1n) is 9.59. The maximum atomic E-state index is 13.5. The lowest BCUT2D eigenvalue weighted by atomic mass is 9.97. The molecule has 0 amide bonds. The Hall–Kier alpha value is -3.79. The summed E-state index contributed by atoms with van der Waals surface area (Å²) in [5.41, 5.74) is 2.09. The molecule has 3 aromatic rings. The van der Waals surface area contributed by atoms with Crippen LogP contribution in [0.4, 0.5) is 21.5 Å². The Bertz CT molecular complexity index is 1250. The van der Waals surface area contributed by atoms with Crippen LogP contribution in [-0.2, 0) is 6.61 Å². The standard InChI is InChI=1S/C21H19FN4O5/c1-12-14(11-27)8-19(25(28)29)21(20(12)26(30)31)24-6-4-13(5-7-24)17-10-23-18-9-15(22)2-3-16(17)18/h2-4,8-10,23,27H,5-7,11H2,1H3. The van der Waals surface area contributed by atoms with Gasteiger partial charge in [0.05, 0.1) is 16.5 Å². The fraction of sp³-hybridized carbons (Fsp3) is 0.238. The van der Waals surface area contributed by atoms with Crippen LogP contribution < -0.4 is 4.90 Å². The minimum Gasteiger partial charge on any atom is -0.392 e.